The van der Waals surface area contributed by atoms with Crippen molar-refractivity contribution in [1.82, 2.24) is 9.62 Å². The van der Waals surface area contributed by atoms with E-state index in [2.05, 4.69) is 29.6 Å². The maximum atomic E-state index is 12.4. The second kappa shape index (κ2) is 7.38. The summed E-state index contributed by atoms with van der Waals surface area (Å²) >= 11 is 0. The van der Waals surface area contributed by atoms with Crippen LogP contribution in [0.1, 0.15) is 25.3 Å². The maximum absolute atomic E-state index is 12.4. The minimum absolute atomic E-state index is 0.354. The van der Waals surface area contributed by atoms with Crippen LogP contribution in [-0.2, 0) is 16.4 Å². The molecule has 1 aromatic carbocycles. The second-order valence-corrected chi connectivity index (χ2v) is 8.30. The van der Waals surface area contributed by atoms with E-state index in [9.17, 15) is 8.42 Å². The van der Waals surface area contributed by atoms with Crippen molar-refractivity contribution in [2.75, 3.05) is 26.7 Å². The van der Waals surface area contributed by atoms with Crippen LogP contribution in [0.15, 0.2) is 30.3 Å². The molecule has 0 aliphatic carbocycles. The molecule has 1 N–H and O–H groups in total. The first-order valence-electron chi connectivity index (χ1n) is 7.71. The lowest BCUT2D eigenvalue weighted by atomic mass is 9.91. The van der Waals surface area contributed by atoms with Gasteiger partial charge in [-0.15, -0.1) is 0 Å². The molecule has 0 saturated carbocycles. The zero-order valence-corrected chi connectivity index (χ0v) is 13.8. The van der Waals surface area contributed by atoms with Crippen LogP contribution in [-0.4, -0.2) is 44.7 Å². The summed E-state index contributed by atoms with van der Waals surface area (Å²) in [4.78, 5) is 0. The van der Waals surface area contributed by atoms with Gasteiger partial charge in [-0.1, -0.05) is 30.3 Å². The lowest BCUT2D eigenvalue weighted by molar-refractivity contribution is 0.271. The normalized spacial score (nSPS) is 19.5. The molecule has 118 valence electrons. The Kier molecular flexibility index (Phi) is 5.79. The fourth-order valence-corrected chi connectivity index (χ4v) is 4.57. The average Bonchev–Trinajstić information content (AvgIpc) is 2.49. The molecule has 0 spiro atoms. The average molecular weight is 310 g/mol. The third-order valence-electron chi connectivity index (χ3n) is 4.30. The minimum Gasteiger partial charge on any atom is -0.318 e. The summed E-state index contributed by atoms with van der Waals surface area (Å²) in [7, 11) is -1.36. The van der Waals surface area contributed by atoms with Crippen LogP contribution in [0.2, 0.25) is 0 Å². The highest BCUT2D eigenvalue weighted by molar-refractivity contribution is 7.89. The van der Waals surface area contributed by atoms with E-state index in [1.54, 1.807) is 18.3 Å². The zero-order valence-electron chi connectivity index (χ0n) is 13.0. The predicted molar refractivity (Wildman–Crippen MR) is 86.8 cm³/mol. The van der Waals surface area contributed by atoms with Gasteiger partial charge in [0, 0.05) is 19.6 Å². The Balaban J connectivity index is 1.88. The molecule has 21 heavy (non-hydrogen) atoms. The molecule has 0 bridgehead atoms. The van der Waals surface area contributed by atoms with E-state index >= 15 is 0 Å². The molecule has 0 amide bonds. The third-order valence-corrected chi connectivity index (χ3v) is 6.57. The summed E-state index contributed by atoms with van der Waals surface area (Å²) in [6.45, 7) is 3.61. The molecule has 1 aliphatic heterocycles. The molecule has 1 fully saturated rings. The Labute approximate surface area is 128 Å². The molecular weight excluding hydrogens is 284 g/mol. The molecule has 1 atom stereocenters. The van der Waals surface area contributed by atoms with Gasteiger partial charge in [-0.25, -0.2) is 12.7 Å². The lowest BCUT2D eigenvalue weighted by Gasteiger charge is -2.33. The molecule has 5 heteroatoms. The Morgan fingerprint density at radius 3 is 2.43 bits per heavy atom. The maximum Gasteiger partial charge on any atom is 0.217 e. The Bertz CT molecular complexity index is 522. The van der Waals surface area contributed by atoms with E-state index in [0.717, 1.165) is 19.3 Å². The molecule has 1 heterocycles. The number of nitrogens with zero attached hydrogens (tertiary/aromatic N) is 1. The highest BCUT2D eigenvalue weighted by Gasteiger charge is 2.31. The van der Waals surface area contributed by atoms with Gasteiger partial charge in [0.25, 0.3) is 0 Å². The summed E-state index contributed by atoms with van der Waals surface area (Å²) < 4.78 is 26.5. The SMILES string of the molecule is CNCC(C)S(=O)(=O)N1CCC(Cc2ccccc2)CC1. The zero-order chi connectivity index (χ0) is 15.3. The van der Waals surface area contributed by atoms with Gasteiger partial charge in [0.15, 0.2) is 0 Å². The van der Waals surface area contributed by atoms with Gasteiger partial charge in [-0.3, -0.25) is 0 Å². The van der Waals surface area contributed by atoms with Crippen molar-refractivity contribution in [2.45, 2.75) is 31.4 Å². The van der Waals surface area contributed by atoms with E-state index in [-0.39, 0.29) is 5.25 Å². The van der Waals surface area contributed by atoms with E-state index in [0.29, 0.717) is 25.6 Å². The summed E-state index contributed by atoms with van der Waals surface area (Å²) in [5, 5.41) is 2.59. The molecule has 1 saturated heterocycles. The van der Waals surface area contributed by atoms with Crippen molar-refractivity contribution in [3.8, 4) is 0 Å². The van der Waals surface area contributed by atoms with Crippen LogP contribution in [0, 0.1) is 5.92 Å². The molecule has 4 nitrogen and oxygen atoms in total. The smallest absolute Gasteiger partial charge is 0.217 e. The van der Waals surface area contributed by atoms with E-state index in [1.807, 2.05) is 6.07 Å². The standard InChI is InChI=1S/C16H26N2O2S/c1-14(13-17-2)21(19,20)18-10-8-16(9-11-18)12-15-6-4-3-5-7-15/h3-7,14,16-17H,8-13H2,1-2H3. The fraction of sp³-hybridized carbons (Fsp3) is 0.625. The highest BCUT2D eigenvalue weighted by atomic mass is 32.2. The van der Waals surface area contributed by atoms with Crippen molar-refractivity contribution < 1.29 is 8.42 Å². The Morgan fingerprint density at radius 1 is 1.24 bits per heavy atom. The Morgan fingerprint density at radius 2 is 1.86 bits per heavy atom. The summed E-state index contributed by atoms with van der Waals surface area (Å²) in [6, 6.07) is 10.5. The van der Waals surface area contributed by atoms with Crippen LogP contribution in [0.3, 0.4) is 0 Å². The molecule has 1 aliphatic rings. The van der Waals surface area contributed by atoms with Crippen LogP contribution in [0.4, 0.5) is 0 Å². The molecule has 1 unspecified atom stereocenters. The third kappa shape index (κ3) is 4.28. The van der Waals surface area contributed by atoms with Gasteiger partial charge in [0.1, 0.15) is 0 Å². The highest BCUT2D eigenvalue weighted by Crippen LogP contribution is 2.24. The van der Waals surface area contributed by atoms with Gasteiger partial charge in [-0.2, -0.15) is 0 Å². The number of rotatable bonds is 6. The van der Waals surface area contributed by atoms with E-state index in [4.69, 9.17) is 0 Å². The van der Waals surface area contributed by atoms with Crippen LogP contribution in [0.25, 0.3) is 0 Å². The summed E-state index contributed by atoms with van der Waals surface area (Å²) in [5.74, 6) is 0.596. The van der Waals surface area contributed by atoms with Crippen molar-refractivity contribution in [3.05, 3.63) is 35.9 Å². The molecule has 2 rings (SSSR count). The Hall–Kier alpha value is -0.910. The first-order valence-corrected chi connectivity index (χ1v) is 9.22. The lowest BCUT2D eigenvalue weighted by Crippen LogP contribution is -2.45. The van der Waals surface area contributed by atoms with E-state index in [1.165, 1.54) is 5.56 Å². The van der Waals surface area contributed by atoms with Crippen molar-refractivity contribution in [3.63, 3.8) is 0 Å². The monoisotopic (exact) mass is 310 g/mol. The quantitative estimate of drug-likeness (QED) is 0.873. The van der Waals surface area contributed by atoms with Crippen LogP contribution < -0.4 is 5.32 Å². The van der Waals surface area contributed by atoms with Gasteiger partial charge < -0.3 is 5.32 Å². The van der Waals surface area contributed by atoms with Gasteiger partial charge in [-0.05, 0) is 44.7 Å². The van der Waals surface area contributed by atoms with Crippen molar-refractivity contribution >= 4 is 10.0 Å². The number of nitrogens with one attached hydrogen (secondary N) is 1. The predicted octanol–water partition coefficient (Wildman–Crippen LogP) is 1.88. The first kappa shape index (κ1) is 16.5. The topological polar surface area (TPSA) is 49.4 Å². The summed E-state index contributed by atoms with van der Waals surface area (Å²) in [5.41, 5.74) is 1.35. The van der Waals surface area contributed by atoms with Crippen molar-refractivity contribution in [1.29, 1.82) is 0 Å². The number of hydrogen-bond acceptors (Lipinski definition) is 3. The van der Waals surface area contributed by atoms with Gasteiger partial charge in [0.05, 0.1) is 5.25 Å². The minimum atomic E-state index is -3.15. The fourth-order valence-electron chi connectivity index (χ4n) is 2.96. The second-order valence-electron chi connectivity index (χ2n) is 5.95. The number of piperidine rings is 1. The largest absolute Gasteiger partial charge is 0.318 e. The number of sulfonamides is 1. The summed E-state index contributed by atoms with van der Waals surface area (Å²) in [6.07, 6.45) is 2.97. The number of hydrogen-bond donors (Lipinski definition) is 1. The van der Waals surface area contributed by atoms with Crippen LogP contribution in [0.5, 0.6) is 0 Å². The molecule has 0 aromatic heterocycles. The van der Waals surface area contributed by atoms with Gasteiger partial charge in [0.2, 0.25) is 10.0 Å². The van der Waals surface area contributed by atoms with E-state index < -0.39 is 10.0 Å². The van der Waals surface area contributed by atoms with Crippen molar-refractivity contribution in [2.24, 2.45) is 5.92 Å². The molecule has 0 radical (unpaired) electrons. The van der Waals surface area contributed by atoms with Crippen LogP contribution >= 0.6 is 0 Å². The van der Waals surface area contributed by atoms with Gasteiger partial charge >= 0.3 is 0 Å². The number of benzene rings is 1. The molecular formula is C16H26N2O2S. The molecule has 1 aromatic rings. The first-order chi connectivity index (χ1) is 10.0.